The van der Waals surface area contributed by atoms with Crippen LogP contribution in [0.4, 0.5) is 9.59 Å². The minimum atomic E-state index is -1.02. The average molecular weight is 358 g/mol. The molecule has 3 atom stereocenters. The van der Waals surface area contributed by atoms with Gasteiger partial charge in [0.25, 0.3) is 0 Å². The third kappa shape index (κ3) is 2.62. The molecule has 138 valence electrons. The smallest absolute Gasteiger partial charge is 0.417 e. The molecule has 3 aliphatic rings. The van der Waals surface area contributed by atoms with E-state index in [1.54, 1.807) is 6.92 Å². The van der Waals surface area contributed by atoms with Crippen molar-refractivity contribution >= 4 is 18.1 Å². The number of carbonyl (C=O) groups excluding carboxylic acids is 2. The summed E-state index contributed by atoms with van der Waals surface area (Å²) in [7, 11) is 0. The van der Waals surface area contributed by atoms with Crippen LogP contribution in [0.15, 0.2) is 30.3 Å². The van der Waals surface area contributed by atoms with E-state index < -0.39 is 30.3 Å². The van der Waals surface area contributed by atoms with Crippen LogP contribution in [0, 0.1) is 11.3 Å². The molecule has 2 aliphatic heterocycles. The van der Waals surface area contributed by atoms with Crippen molar-refractivity contribution in [2.24, 2.45) is 11.3 Å². The van der Waals surface area contributed by atoms with E-state index in [1.165, 1.54) is 9.80 Å². The quantitative estimate of drug-likeness (QED) is 0.878. The highest BCUT2D eigenvalue weighted by Crippen LogP contribution is 2.57. The number of ether oxygens (including phenoxy) is 1. The third-order valence-corrected chi connectivity index (χ3v) is 6.12. The first-order valence-electron chi connectivity index (χ1n) is 8.99. The molecule has 1 saturated carbocycles. The lowest BCUT2D eigenvalue weighted by molar-refractivity contribution is -0.137. The Morgan fingerprint density at radius 3 is 2.50 bits per heavy atom. The number of rotatable bonds is 2. The monoisotopic (exact) mass is 358 g/mol. The molecule has 3 amide bonds. The van der Waals surface area contributed by atoms with Crippen LogP contribution in [0.1, 0.15) is 37.9 Å². The number of nitrogens with zero attached hydrogens (tertiary/aromatic N) is 2. The first-order valence-corrected chi connectivity index (χ1v) is 8.99. The largest absolute Gasteiger partial charge is 0.465 e. The van der Waals surface area contributed by atoms with Gasteiger partial charge in [0.15, 0.2) is 0 Å². The summed E-state index contributed by atoms with van der Waals surface area (Å²) >= 11 is 0. The van der Waals surface area contributed by atoms with Gasteiger partial charge in [-0.2, -0.15) is 0 Å². The lowest BCUT2D eigenvalue weighted by Gasteiger charge is -2.38. The summed E-state index contributed by atoms with van der Waals surface area (Å²) < 4.78 is 5.48. The van der Waals surface area contributed by atoms with Crippen LogP contribution in [0.5, 0.6) is 0 Å². The van der Waals surface area contributed by atoms with Gasteiger partial charge < -0.3 is 14.7 Å². The van der Waals surface area contributed by atoms with Crippen molar-refractivity contribution in [3.8, 4) is 0 Å². The van der Waals surface area contributed by atoms with Gasteiger partial charge in [0.05, 0.1) is 12.0 Å². The van der Waals surface area contributed by atoms with Gasteiger partial charge in [0.1, 0.15) is 6.10 Å². The topological polar surface area (TPSA) is 87.2 Å². The summed E-state index contributed by atoms with van der Waals surface area (Å²) in [5.74, 6) is -0.777. The minimum absolute atomic E-state index is 0.145. The normalized spacial score (nSPS) is 29.6. The van der Waals surface area contributed by atoms with Gasteiger partial charge in [0.2, 0.25) is 5.91 Å². The summed E-state index contributed by atoms with van der Waals surface area (Å²) in [5, 5.41) is 9.30. The molecule has 2 saturated heterocycles. The third-order valence-electron chi connectivity index (χ3n) is 6.12. The number of imide groups is 1. The van der Waals surface area contributed by atoms with Crippen LogP contribution in [0.3, 0.4) is 0 Å². The number of carboxylic acid groups (broad SMARTS) is 1. The molecule has 0 bridgehead atoms. The number of likely N-dealkylation sites (tertiary alicyclic amines) is 1. The lowest BCUT2D eigenvalue weighted by atomic mass is 9.81. The van der Waals surface area contributed by atoms with Gasteiger partial charge in [-0.15, -0.1) is 0 Å². The fourth-order valence-corrected chi connectivity index (χ4v) is 4.32. The highest BCUT2D eigenvalue weighted by molar-refractivity contribution is 5.96. The number of piperidine rings is 1. The van der Waals surface area contributed by atoms with Gasteiger partial charge in [0, 0.05) is 13.1 Å². The lowest BCUT2D eigenvalue weighted by Crippen LogP contribution is -2.52. The Balaban J connectivity index is 1.57. The molecular formula is C19H22N2O5. The Morgan fingerprint density at radius 2 is 1.88 bits per heavy atom. The first kappa shape index (κ1) is 16.9. The molecule has 0 radical (unpaired) electrons. The predicted molar refractivity (Wildman–Crippen MR) is 91.3 cm³/mol. The molecule has 1 spiro atoms. The summed E-state index contributed by atoms with van der Waals surface area (Å²) in [5.41, 5.74) is 0.703. The molecule has 1 aromatic rings. The number of cyclic esters (lactones) is 1. The molecule has 1 aromatic carbocycles. The number of hydrogen-bond donors (Lipinski definition) is 1. The minimum Gasteiger partial charge on any atom is -0.465 e. The maximum atomic E-state index is 13.2. The zero-order valence-electron chi connectivity index (χ0n) is 14.6. The van der Waals surface area contributed by atoms with E-state index in [-0.39, 0.29) is 17.9 Å². The zero-order valence-corrected chi connectivity index (χ0v) is 14.6. The van der Waals surface area contributed by atoms with Crippen molar-refractivity contribution in [2.75, 3.05) is 13.1 Å². The van der Waals surface area contributed by atoms with E-state index in [0.717, 1.165) is 18.4 Å². The van der Waals surface area contributed by atoms with Crippen molar-refractivity contribution in [3.63, 3.8) is 0 Å². The van der Waals surface area contributed by atoms with E-state index in [4.69, 9.17) is 4.74 Å². The molecule has 3 fully saturated rings. The van der Waals surface area contributed by atoms with Gasteiger partial charge in [-0.3, -0.25) is 4.79 Å². The van der Waals surface area contributed by atoms with Crippen LogP contribution < -0.4 is 0 Å². The van der Waals surface area contributed by atoms with E-state index in [2.05, 4.69) is 0 Å². The van der Waals surface area contributed by atoms with E-state index in [9.17, 15) is 19.5 Å². The molecule has 1 N–H and O–H groups in total. The Kier molecular flexibility index (Phi) is 3.89. The molecule has 26 heavy (non-hydrogen) atoms. The second-order valence-electron chi connectivity index (χ2n) is 7.56. The summed E-state index contributed by atoms with van der Waals surface area (Å²) in [4.78, 5) is 39.5. The molecule has 4 rings (SSSR count). The molecule has 0 unspecified atom stereocenters. The fourth-order valence-electron chi connectivity index (χ4n) is 4.32. The van der Waals surface area contributed by atoms with Gasteiger partial charge in [-0.1, -0.05) is 30.3 Å². The highest BCUT2D eigenvalue weighted by Gasteiger charge is 2.58. The number of hydrogen-bond acceptors (Lipinski definition) is 4. The standard InChI is InChI=1S/C19H22N2O5/c1-12-15(13-5-3-2-4-6-13)26-18(25)21(12)16(22)14-11-20(17(23)24)10-9-19(14)7-8-19/h2-6,12,14-15H,7-11H2,1H3,(H,23,24)/t12-,14+,15-/m1/s1. The summed E-state index contributed by atoms with van der Waals surface area (Å²) in [6.45, 7) is 2.41. The predicted octanol–water partition coefficient (Wildman–Crippen LogP) is 2.88. The Bertz CT molecular complexity index is 746. The Hall–Kier alpha value is -2.57. The van der Waals surface area contributed by atoms with Crippen LogP contribution in [-0.2, 0) is 9.53 Å². The van der Waals surface area contributed by atoms with Crippen molar-refractivity contribution in [1.82, 2.24) is 9.80 Å². The molecule has 2 heterocycles. The van der Waals surface area contributed by atoms with Crippen LogP contribution in [-0.4, -0.2) is 52.1 Å². The second kappa shape index (κ2) is 6.00. The first-order chi connectivity index (χ1) is 12.4. The summed E-state index contributed by atoms with van der Waals surface area (Å²) in [6, 6.07) is 8.94. The Labute approximate surface area is 151 Å². The highest BCUT2D eigenvalue weighted by atomic mass is 16.6. The molecule has 1 aliphatic carbocycles. The maximum absolute atomic E-state index is 13.2. The van der Waals surface area contributed by atoms with Crippen molar-refractivity contribution in [3.05, 3.63) is 35.9 Å². The van der Waals surface area contributed by atoms with E-state index in [0.29, 0.717) is 13.0 Å². The van der Waals surface area contributed by atoms with Crippen molar-refractivity contribution in [1.29, 1.82) is 0 Å². The van der Waals surface area contributed by atoms with E-state index in [1.807, 2.05) is 30.3 Å². The van der Waals surface area contributed by atoms with Gasteiger partial charge in [-0.05, 0) is 37.2 Å². The molecule has 7 heteroatoms. The fraction of sp³-hybridized carbons (Fsp3) is 0.526. The van der Waals surface area contributed by atoms with Gasteiger partial charge in [-0.25, -0.2) is 14.5 Å². The van der Waals surface area contributed by atoms with Gasteiger partial charge >= 0.3 is 12.2 Å². The average Bonchev–Trinajstić information content (AvgIpc) is 3.33. The SMILES string of the molecule is C[C@@H]1[C@H](c2ccccc2)OC(=O)N1C(=O)[C@@H]1CN(C(=O)O)CCC12CC2. The second-order valence-corrected chi connectivity index (χ2v) is 7.56. The Morgan fingerprint density at radius 1 is 1.19 bits per heavy atom. The molecule has 0 aromatic heterocycles. The number of carbonyl (C=O) groups is 3. The van der Waals surface area contributed by atoms with E-state index >= 15 is 0 Å². The number of benzene rings is 1. The maximum Gasteiger partial charge on any atom is 0.417 e. The van der Waals surface area contributed by atoms with Crippen molar-refractivity contribution < 1.29 is 24.2 Å². The van der Waals surface area contributed by atoms with Crippen LogP contribution in [0.25, 0.3) is 0 Å². The number of amides is 3. The molecular weight excluding hydrogens is 336 g/mol. The van der Waals surface area contributed by atoms with Crippen LogP contribution >= 0.6 is 0 Å². The van der Waals surface area contributed by atoms with Crippen molar-refractivity contribution in [2.45, 2.75) is 38.3 Å². The summed E-state index contributed by atoms with van der Waals surface area (Å²) in [6.07, 6.45) is 0.348. The zero-order chi connectivity index (χ0) is 18.5. The van der Waals surface area contributed by atoms with Crippen LogP contribution in [0.2, 0.25) is 0 Å². The molecule has 7 nitrogen and oxygen atoms in total.